The van der Waals surface area contributed by atoms with Crippen molar-refractivity contribution in [2.45, 2.75) is 39.4 Å². The zero-order valence-corrected chi connectivity index (χ0v) is 21.3. The maximum Gasteiger partial charge on any atom is 0.244 e. The SMILES string of the molecule is COc1ccc(Cl)cc1N(CC(=O)N(Cc1ccc(F)cc1)C(C)C(=O)NC(C)C)S(C)(=O)=O. The molecule has 1 unspecified atom stereocenters. The number of anilines is 1. The summed E-state index contributed by atoms with van der Waals surface area (Å²) >= 11 is 6.07. The molecule has 0 bridgehead atoms. The fraction of sp³-hybridized carbons (Fsp3) is 0.391. The van der Waals surface area contributed by atoms with Crippen LogP contribution in [0.5, 0.6) is 5.75 Å². The Morgan fingerprint density at radius 1 is 1.12 bits per heavy atom. The second-order valence-electron chi connectivity index (χ2n) is 8.07. The second kappa shape index (κ2) is 11.5. The van der Waals surface area contributed by atoms with Gasteiger partial charge in [0.05, 0.1) is 19.1 Å². The van der Waals surface area contributed by atoms with Crippen LogP contribution in [0.25, 0.3) is 0 Å². The van der Waals surface area contributed by atoms with Crippen molar-refractivity contribution in [3.05, 3.63) is 58.9 Å². The molecule has 0 aromatic heterocycles. The molecule has 0 heterocycles. The molecule has 1 N–H and O–H groups in total. The van der Waals surface area contributed by atoms with E-state index in [2.05, 4.69) is 5.32 Å². The number of hydrogen-bond donors (Lipinski definition) is 1. The summed E-state index contributed by atoms with van der Waals surface area (Å²) in [4.78, 5) is 27.4. The number of ether oxygens (including phenoxy) is 1. The summed E-state index contributed by atoms with van der Waals surface area (Å²) < 4.78 is 44.8. The first-order chi connectivity index (χ1) is 15.8. The Morgan fingerprint density at radius 2 is 1.74 bits per heavy atom. The summed E-state index contributed by atoms with van der Waals surface area (Å²) in [5.74, 6) is -1.28. The predicted molar refractivity (Wildman–Crippen MR) is 130 cm³/mol. The van der Waals surface area contributed by atoms with Gasteiger partial charge in [-0.15, -0.1) is 0 Å². The van der Waals surface area contributed by atoms with Crippen LogP contribution in [-0.2, 0) is 26.2 Å². The summed E-state index contributed by atoms with van der Waals surface area (Å²) in [6.45, 7) is 4.48. The Kier molecular flexibility index (Phi) is 9.29. The highest BCUT2D eigenvalue weighted by Crippen LogP contribution is 2.33. The van der Waals surface area contributed by atoms with Crippen LogP contribution in [0.2, 0.25) is 5.02 Å². The van der Waals surface area contributed by atoms with Gasteiger partial charge in [-0.1, -0.05) is 23.7 Å². The Balaban J connectivity index is 2.45. The number of nitrogens with zero attached hydrogens (tertiary/aromatic N) is 2. The number of carbonyl (C=O) groups excluding carboxylic acids is 2. The van der Waals surface area contributed by atoms with Gasteiger partial charge in [-0.2, -0.15) is 0 Å². The molecule has 0 fully saturated rings. The number of benzene rings is 2. The molecule has 2 rings (SSSR count). The lowest BCUT2D eigenvalue weighted by atomic mass is 10.1. The Hall–Kier alpha value is -2.85. The van der Waals surface area contributed by atoms with E-state index in [0.717, 1.165) is 10.6 Å². The molecule has 8 nitrogen and oxygen atoms in total. The van der Waals surface area contributed by atoms with Crippen molar-refractivity contribution in [2.24, 2.45) is 0 Å². The molecular formula is C23H29ClFN3O5S. The normalized spacial score (nSPS) is 12.2. The summed E-state index contributed by atoms with van der Waals surface area (Å²) in [6.07, 6.45) is 0.958. The molecule has 0 aliphatic rings. The molecule has 2 aromatic rings. The maximum absolute atomic E-state index is 13.5. The second-order valence-corrected chi connectivity index (χ2v) is 10.4. The largest absolute Gasteiger partial charge is 0.495 e. The van der Waals surface area contributed by atoms with Crippen LogP contribution in [-0.4, -0.2) is 57.1 Å². The van der Waals surface area contributed by atoms with Gasteiger partial charge in [0.15, 0.2) is 0 Å². The van der Waals surface area contributed by atoms with Gasteiger partial charge in [0, 0.05) is 17.6 Å². The zero-order chi connectivity index (χ0) is 25.6. The molecule has 0 saturated carbocycles. The average molecular weight is 514 g/mol. The zero-order valence-electron chi connectivity index (χ0n) is 19.7. The highest BCUT2D eigenvalue weighted by molar-refractivity contribution is 7.92. The van der Waals surface area contributed by atoms with Crippen LogP contribution in [0.3, 0.4) is 0 Å². The molecule has 186 valence electrons. The summed E-state index contributed by atoms with van der Waals surface area (Å²) in [5.41, 5.74) is 0.664. The van der Waals surface area contributed by atoms with Crippen LogP contribution < -0.4 is 14.4 Å². The fourth-order valence-electron chi connectivity index (χ4n) is 3.23. The van der Waals surface area contributed by atoms with Crippen molar-refractivity contribution in [3.8, 4) is 5.75 Å². The lowest BCUT2D eigenvalue weighted by molar-refractivity contribution is -0.139. The number of halogens is 2. The Bertz CT molecular complexity index is 1130. The molecule has 1 atom stereocenters. The summed E-state index contributed by atoms with van der Waals surface area (Å²) in [7, 11) is -2.57. The quantitative estimate of drug-likeness (QED) is 0.526. The molecule has 34 heavy (non-hydrogen) atoms. The standard InChI is InChI=1S/C23H29ClFN3O5S/c1-15(2)26-23(30)16(3)27(13-17-6-9-19(25)10-7-17)22(29)14-28(34(5,31)32)20-12-18(24)8-11-21(20)33-4/h6-12,15-16H,13-14H2,1-5H3,(H,26,30). The van der Waals surface area contributed by atoms with Crippen molar-refractivity contribution in [1.82, 2.24) is 10.2 Å². The number of methoxy groups -OCH3 is 1. The van der Waals surface area contributed by atoms with Gasteiger partial charge < -0.3 is 15.0 Å². The van der Waals surface area contributed by atoms with Gasteiger partial charge >= 0.3 is 0 Å². The van der Waals surface area contributed by atoms with Crippen LogP contribution in [0.1, 0.15) is 26.3 Å². The topological polar surface area (TPSA) is 96.0 Å². The molecule has 2 amide bonds. The number of nitrogens with one attached hydrogen (secondary N) is 1. The monoisotopic (exact) mass is 513 g/mol. The van der Waals surface area contributed by atoms with Crippen LogP contribution in [0.15, 0.2) is 42.5 Å². The molecule has 0 aliphatic heterocycles. The smallest absolute Gasteiger partial charge is 0.244 e. The van der Waals surface area contributed by atoms with Crippen LogP contribution >= 0.6 is 11.6 Å². The van der Waals surface area contributed by atoms with E-state index in [1.807, 2.05) is 0 Å². The van der Waals surface area contributed by atoms with Gasteiger partial charge in [-0.25, -0.2) is 12.8 Å². The van der Waals surface area contributed by atoms with Crippen molar-refractivity contribution < 1.29 is 27.1 Å². The van der Waals surface area contributed by atoms with Crippen LogP contribution in [0.4, 0.5) is 10.1 Å². The highest BCUT2D eigenvalue weighted by atomic mass is 35.5. The van der Waals surface area contributed by atoms with E-state index in [-0.39, 0.29) is 29.0 Å². The van der Waals surface area contributed by atoms with E-state index < -0.39 is 40.2 Å². The lowest BCUT2D eigenvalue weighted by Crippen LogP contribution is -2.52. The van der Waals surface area contributed by atoms with E-state index in [9.17, 15) is 22.4 Å². The molecule has 2 aromatic carbocycles. The minimum Gasteiger partial charge on any atom is -0.495 e. The van der Waals surface area contributed by atoms with E-state index in [0.29, 0.717) is 5.56 Å². The van der Waals surface area contributed by atoms with Gasteiger partial charge in [-0.3, -0.25) is 13.9 Å². The van der Waals surface area contributed by atoms with Crippen LogP contribution in [0, 0.1) is 5.82 Å². The highest BCUT2D eigenvalue weighted by Gasteiger charge is 2.31. The van der Waals surface area contributed by atoms with E-state index in [1.54, 1.807) is 20.8 Å². The van der Waals surface area contributed by atoms with Crippen molar-refractivity contribution in [3.63, 3.8) is 0 Å². The maximum atomic E-state index is 13.5. The van der Waals surface area contributed by atoms with E-state index >= 15 is 0 Å². The Morgan fingerprint density at radius 3 is 2.26 bits per heavy atom. The first-order valence-electron chi connectivity index (χ1n) is 10.5. The molecule has 0 saturated heterocycles. The molecule has 0 aliphatic carbocycles. The third-order valence-corrected chi connectivity index (χ3v) is 6.31. The van der Waals surface area contributed by atoms with Crippen molar-refractivity contribution in [2.75, 3.05) is 24.2 Å². The minimum atomic E-state index is -3.94. The number of hydrogen-bond acceptors (Lipinski definition) is 5. The first kappa shape index (κ1) is 27.4. The molecular weight excluding hydrogens is 485 g/mol. The Labute approximate surface area is 204 Å². The molecule has 0 spiro atoms. The fourth-order valence-corrected chi connectivity index (χ4v) is 4.24. The number of carbonyl (C=O) groups is 2. The predicted octanol–water partition coefficient (Wildman–Crippen LogP) is 3.20. The van der Waals surface area contributed by atoms with Gasteiger partial charge in [0.2, 0.25) is 21.8 Å². The summed E-state index contributed by atoms with van der Waals surface area (Å²) in [5, 5.41) is 3.01. The van der Waals surface area contributed by atoms with Crippen molar-refractivity contribution >= 4 is 39.1 Å². The summed E-state index contributed by atoms with van der Waals surface area (Å²) in [6, 6.07) is 8.80. The number of rotatable bonds is 10. The average Bonchev–Trinajstić information content (AvgIpc) is 2.75. The lowest BCUT2D eigenvalue weighted by Gasteiger charge is -2.32. The molecule has 11 heteroatoms. The third-order valence-electron chi connectivity index (χ3n) is 4.95. The van der Waals surface area contributed by atoms with E-state index in [1.165, 1.54) is 54.5 Å². The van der Waals surface area contributed by atoms with Gasteiger partial charge in [0.25, 0.3) is 0 Å². The minimum absolute atomic E-state index is 0.0317. The van der Waals surface area contributed by atoms with E-state index in [4.69, 9.17) is 16.3 Å². The number of sulfonamides is 1. The third kappa shape index (κ3) is 7.33. The number of amides is 2. The first-order valence-corrected chi connectivity index (χ1v) is 12.7. The van der Waals surface area contributed by atoms with Crippen molar-refractivity contribution in [1.29, 1.82) is 0 Å². The van der Waals surface area contributed by atoms with Gasteiger partial charge in [-0.05, 0) is 56.7 Å². The van der Waals surface area contributed by atoms with Gasteiger partial charge in [0.1, 0.15) is 24.2 Å². The molecule has 0 radical (unpaired) electrons.